The van der Waals surface area contributed by atoms with E-state index in [0.29, 0.717) is 5.56 Å². The van der Waals surface area contributed by atoms with Crippen LogP contribution in [0.5, 0.6) is 0 Å². The fourth-order valence-electron chi connectivity index (χ4n) is 1.69. The number of hydrogen-bond donors (Lipinski definition) is 1. The van der Waals surface area contributed by atoms with Crippen molar-refractivity contribution in [2.75, 3.05) is 0 Å². The maximum Gasteiger partial charge on any atom is 0.272 e. The van der Waals surface area contributed by atoms with Crippen molar-refractivity contribution in [1.29, 1.82) is 0 Å². The molecule has 4 heteroatoms. The molecule has 1 heterocycles. The van der Waals surface area contributed by atoms with Crippen LogP contribution in [0.3, 0.4) is 0 Å². The number of carbonyl (C=O) groups is 1. The average molecular weight is 253 g/mol. The van der Waals surface area contributed by atoms with E-state index in [0.717, 1.165) is 11.1 Å². The summed E-state index contributed by atoms with van der Waals surface area (Å²) >= 11 is 0. The first-order valence-electron chi connectivity index (χ1n) is 5.97. The average Bonchev–Trinajstić information content (AvgIpc) is 2.42. The van der Waals surface area contributed by atoms with Crippen molar-refractivity contribution < 1.29 is 4.79 Å². The van der Waals surface area contributed by atoms with Crippen LogP contribution in [-0.4, -0.2) is 17.1 Å². The molecule has 0 unspecified atom stereocenters. The molecule has 0 bridgehead atoms. The lowest BCUT2D eigenvalue weighted by molar-refractivity contribution is 0.0955. The van der Waals surface area contributed by atoms with Crippen LogP contribution in [0.15, 0.2) is 47.8 Å². The van der Waals surface area contributed by atoms with E-state index >= 15 is 0 Å². The van der Waals surface area contributed by atoms with Gasteiger partial charge in [-0.2, -0.15) is 5.10 Å². The summed E-state index contributed by atoms with van der Waals surface area (Å²) in [6.45, 7) is 4.05. The van der Waals surface area contributed by atoms with E-state index in [-0.39, 0.29) is 5.91 Å². The molecule has 4 nitrogen and oxygen atoms in total. The summed E-state index contributed by atoms with van der Waals surface area (Å²) in [5.74, 6) is -0.269. The molecule has 0 aliphatic carbocycles. The fourth-order valence-corrected chi connectivity index (χ4v) is 1.69. The molecule has 0 aliphatic heterocycles. The highest BCUT2D eigenvalue weighted by Crippen LogP contribution is 2.07. The lowest BCUT2D eigenvalue weighted by Crippen LogP contribution is -2.17. The van der Waals surface area contributed by atoms with Gasteiger partial charge in [-0.3, -0.25) is 9.78 Å². The highest BCUT2D eigenvalue weighted by molar-refractivity contribution is 5.94. The summed E-state index contributed by atoms with van der Waals surface area (Å²) in [5, 5.41) is 3.96. The van der Waals surface area contributed by atoms with Crippen LogP contribution in [0.1, 0.15) is 27.0 Å². The molecule has 0 aliphatic rings. The van der Waals surface area contributed by atoms with Crippen LogP contribution in [0.25, 0.3) is 0 Å². The van der Waals surface area contributed by atoms with E-state index in [2.05, 4.69) is 21.6 Å². The second kappa shape index (κ2) is 5.91. The Kier molecular flexibility index (Phi) is 4.03. The number of carbonyl (C=O) groups excluding carboxylic acids is 1. The Hall–Kier alpha value is -2.49. The molecule has 1 aromatic carbocycles. The zero-order valence-corrected chi connectivity index (χ0v) is 10.9. The zero-order chi connectivity index (χ0) is 13.7. The summed E-state index contributed by atoms with van der Waals surface area (Å²) in [5.41, 5.74) is 6.28. The first-order valence-corrected chi connectivity index (χ1v) is 5.97. The zero-order valence-electron chi connectivity index (χ0n) is 10.9. The van der Waals surface area contributed by atoms with Crippen molar-refractivity contribution in [3.8, 4) is 0 Å². The molecule has 0 fully saturated rings. The highest BCUT2D eigenvalue weighted by atomic mass is 16.2. The van der Waals surface area contributed by atoms with E-state index < -0.39 is 0 Å². The lowest BCUT2D eigenvalue weighted by Gasteiger charge is -2.02. The maximum absolute atomic E-state index is 11.7. The number of rotatable bonds is 3. The van der Waals surface area contributed by atoms with E-state index in [9.17, 15) is 4.79 Å². The minimum absolute atomic E-state index is 0.269. The van der Waals surface area contributed by atoms with Gasteiger partial charge in [-0.15, -0.1) is 0 Å². The minimum atomic E-state index is -0.269. The highest BCUT2D eigenvalue weighted by Gasteiger charge is 2.02. The predicted molar refractivity (Wildman–Crippen MR) is 75.2 cm³/mol. The van der Waals surface area contributed by atoms with Crippen molar-refractivity contribution in [3.63, 3.8) is 0 Å². The minimum Gasteiger partial charge on any atom is -0.267 e. The van der Waals surface area contributed by atoms with Crippen molar-refractivity contribution in [2.24, 2.45) is 5.10 Å². The molecule has 1 amide bonds. The first kappa shape index (κ1) is 13.0. The molecule has 19 heavy (non-hydrogen) atoms. The largest absolute Gasteiger partial charge is 0.272 e. The van der Waals surface area contributed by atoms with Gasteiger partial charge in [0, 0.05) is 12.4 Å². The van der Waals surface area contributed by atoms with Crippen LogP contribution in [-0.2, 0) is 0 Å². The Bertz CT molecular complexity index is 606. The van der Waals surface area contributed by atoms with E-state index in [1.807, 2.05) is 26.0 Å². The maximum atomic E-state index is 11.7. The number of pyridine rings is 1. The molecule has 0 spiro atoms. The van der Waals surface area contributed by atoms with Crippen LogP contribution in [0.2, 0.25) is 0 Å². The monoisotopic (exact) mass is 253 g/mol. The van der Waals surface area contributed by atoms with Gasteiger partial charge in [0.25, 0.3) is 5.91 Å². The van der Waals surface area contributed by atoms with Gasteiger partial charge in [0.15, 0.2) is 0 Å². The normalized spacial score (nSPS) is 10.6. The van der Waals surface area contributed by atoms with Gasteiger partial charge in [-0.25, -0.2) is 5.43 Å². The van der Waals surface area contributed by atoms with Gasteiger partial charge in [0.1, 0.15) is 0 Å². The van der Waals surface area contributed by atoms with Gasteiger partial charge in [0.05, 0.1) is 11.8 Å². The molecule has 1 aromatic heterocycles. The van der Waals surface area contributed by atoms with Crippen molar-refractivity contribution in [3.05, 3.63) is 65.0 Å². The van der Waals surface area contributed by atoms with Crippen LogP contribution < -0.4 is 5.43 Å². The Morgan fingerprint density at radius 2 is 2.16 bits per heavy atom. The number of aromatic nitrogens is 1. The number of aryl methyl sites for hydroxylation is 2. The molecule has 0 saturated heterocycles. The second-order valence-corrected chi connectivity index (χ2v) is 4.30. The molecule has 1 N–H and O–H groups in total. The standard InChI is InChI=1S/C15H15N3O/c1-11-5-6-13(12(2)8-11)10-17-18-15(19)14-4-3-7-16-9-14/h3-10H,1-2H3,(H,18,19)/b17-10-. The summed E-state index contributed by atoms with van der Waals surface area (Å²) < 4.78 is 0. The van der Waals surface area contributed by atoms with Crippen LogP contribution in [0, 0.1) is 13.8 Å². The van der Waals surface area contributed by atoms with Gasteiger partial charge < -0.3 is 0 Å². The lowest BCUT2D eigenvalue weighted by atomic mass is 10.1. The Morgan fingerprint density at radius 1 is 1.32 bits per heavy atom. The topological polar surface area (TPSA) is 54.4 Å². The van der Waals surface area contributed by atoms with E-state index in [1.54, 1.807) is 24.5 Å². The molecular weight excluding hydrogens is 238 g/mol. The Balaban J connectivity index is 2.02. The number of nitrogens with zero attached hydrogens (tertiary/aromatic N) is 2. The summed E-state index contributed by atoms with van der Waals surface area (Å²) in [4.78, 5) is 15.6. The summed E-state index contributed by atoms with van der Waals surface area (Å²) in [6.07, 6.45) is 4.76. The van der Waals surface area contributed by atoms with Crippen molar-refractivity contribution in [1.82, 2.24) is 10.4 Å². The van der Waals surface area contributed by atoms with Gasteiger partial charge in [0.2, 0.25) is 0 Å². The Labute approximate surface area is 112 Å². The second-order valence-electron chi connectivity index (χ2n) is 4.30. The fraction of sp³-hybridized carbons (Fsp3) is 0.133. The quantitative estimate of drug-likeness (QED) is 0.674. The number of hydrogen-bond acceptors (Lipinski definition) is 3. The van der Waals surface area contributed by atoms with Crippen molar-refractivity contribution >= 4 is 12.1 Å². The van der Waals surface area contributed by atoms with Crippen LogP contribution >= 0.6 is 0 Å². The SMILES string of the molecule is Cc1ccc(/C=N\NC(=O)c2cccnc2)c(C)c1. The van der Waals surface area contributed by atoms with E-state index in [1.165, 1.54) is 11.8 Å². The predicted octanol–water partition coefficient (Wildman–Crippen LogP) is 2.46. The molecule has 0 radical (unpaired) electrons. The summed E-state index contributed by atoms with van der Waals surface area (Å²) in [6, 6.07) is 9.46. The molecule has 2 rings (SSSR count). The van der Waals surface area contributed by atoms with Gasteiger partial charge >= 0.3 is 0 Å². The number of nitrogens with one attached hydrogen (secondary N) is 1. The number of benzene rings is 1. The van der Waals surface area contributed by atoms with Crippen molar-refractivity contribution in [2.45, 2.75) is 13.8 Å². The molecule has 0 atom stereocenters. The third kappa shape index (κ3) is 3.48. The third-order valence-electron chi connectivity index (χ3n) is 2.72. The van der Waals surface area contributed by atoms with E-state index in [4.69, 9.17) is 0 Å². The molecule has 96 valence electrons. The first-order chi connectivity index (χ1) is 9.16. The third-order valence-corrected chi connectivity index (χ3v) is 2.72. The smallest absolute Gasteiger partial charge is 0.267 e. The molecule has 2 aromatic rings. The molecule has 0 saturated carbocycles. The Morgan fingerprint density at radius 3 is 2.84 bits per heavy atom. The summed E-state index contributed by atoms with van der Waals surface area (Å²) in [7, 11) is 0. The van der Waals surface area contributed by atoms with Gasteiger partial charge in [-0.1, -0.05) is 23.8 Å². The number of amides is 1. The van der Waals surface area contributed by atoms with Crippen LogP contribution in [0.4, 0.5) is 0 Å². The van der Waals surface area contributed by atoms with Gasteiger partial charge in [-0.05, 0) is 37.1 Å². The number of hydrazone groups is 1. The molecular formula is C15H15N3O.